The van der Waals surface area contributed by atoms with Gasteiger partial charge in [0.05, 0.1) is 6.61 Å². The van der Waals surface area contributed by atoms with Crippen LogP contribution in [0.25, 0.3) is 0 Å². The summed E-state index contributed by atoms with van der Waals surface area (Å²) in [5.41, 5.74) is 4.91. The van der Waals surface area contributed by atoms with Crippen molar-refractivity contribution in [2.24, 2.45) is 0 Å². The van der Waals surface area contributed by atoms with Gasteiger partial charge in [-0.05, 0) is 141 Å². The van der Waals surface area contributed by atoms with E-state index in [4.69, 9.17) is 9.47 Å². The number of unbranched alkanes of at least 4 members (excludes halogenated alkanes) is 1. The highest BCUT2D eigenvalue weighted by Gasteiger charge is 2.20. The fourth-order valence-corrected chi connectivity index (χ4v) is 7.83. The number of likely N-dealkylation sites (tertiary alicyclic amines) is 1. The lowest BCUT2D eigenvalue weighted by Crippen LogP contribution is -2.47. The number of aryl methyl sites for hydroxylation is 1. The van der Waals surface area contributed by atoms with Gasteiger partial charge in [-0.1, -0.05) is 85.3 Å². The van der Waals surface area contributed by atoms with Gasteiger partial charge in [-0.3, -0.25) is 4.90 Å². The fourth-order valence-electron chi connectivity index (χ4n) is 7.83. The number of rotatable bonds is 18. The van der Waals surface area contributed by atoms with E-state index >= 15 is 0 Å². The topological polar surface area (TPSA) is 28.2 Å². The van der Waals surface area contributed by atoms with Gasteiger partial charge in [0, 0.05) is 39.3 Å². The van der Waals surface area contributed by atoms with Crippen LogP contribution in [-0.4, -0.2) is 86.8 Å². The Morgan fingerprint density at radius 2 is 0.780 bits per heavy atom. The molecule has 2 saturated heterocycles. The molecule has 59 heavy (non-hydrogen) atoms. The third-order valence-electron chi connectivity index (χ3n) is 11.2. The molecule has 0 aromatic heterocycles. The number of benzene rings is 5. The summed E-state index contributed by atoms with van der Waals surface area (Å²) in [4.78, 5) is 7.50. The highest BCUT2D eigenvalue weighted by molar-refractivity contribution is 5.32. The molecular formula is C50H59F4N3O2. The molecule has 2 aliphatic rings. The molecule has 7 rings (SSSR count). The molecule has 2 fully saturated rings. The van der Waals surface area contributed by atoms with Gasteiger partial charge in [0.15, 0.2) is 0 Å². The first-order chi connectivity index (χ1) is 28.9. The van der Waals surface area contributed by atoms with Gasteiger partial charge in [-0.2, -0.15) is 0 Å². The Morgan fingerprint density at radius 1 is 0.390 bits per heavy atom. The van der Waals surface area contributed by atoms with E-state index in [1.165, 1.54) is 92.9 Å². The molecule has 0 spiro atoms. The van der Waals surface area contributed by atoms with Crippen molar-refractivity contribution in [2.45, 2.75) is 57.2 Å². The highest BCUT2D eigenvalue weighted by atomic mass is 19.1. The Labute approximate surface area is 348 Å². The van der Waals surface area contributed by atoms with E-state index in [9.17, 15) is 17.6 Å². The third-order valence-corrected chi connectivity index (χ3v) is 11.2. The van der Waals surface area contributed by atoms with E-state index in [2.05, 4.69) is 45.0 Å². The minimum Gasteiger partial charge on any atom is -0.369 e. The summed E-state index contributed by atoms with van der Waals surface area (Å²) < 4.78 is 65.6. The Morgan fingerprint density at radius 3 is 1.24 bits per heavy atom. The molecule has 2 heterocycles. The maximum atomic E-state index is 13.4. The number of hydrogen-bond donors (Lipinski definition) is 0. The van der Waals surface area contributed by atoms with Gasteiger partial charge in [-0.25, -0.2) is 17.6 Å². The number of ether oxygens (including phenoxy) is 2. The van der Waals surface area contributed by atoms with Gasteiger partial charge >= 0.3 is 0 Å². The zero-order chi connectivity index (χ0) is 41.1. The Hall–Kier alpha value is -4.38. The van der Waals surface area contributed by atoms with Crippen molar-refractivity contribution in [3.05, 3.63) is 178 Å². The highest BCUT2D eigenvalue weighted by Crippen LogP contribution is 2.28. The summed E-state index contributed by atoms with van der Waals surface area (Å²) in [5.74, 6) is -1.10. The number of halogens is 4. The van der Waals surface area contributed by atoms with Crippen LogP contribution >= 0.6 is 0 Å². The molecule has 0 bridgehead atoms. The van der Waals surface area contributed by atoms with Crippen molar-refractivity contribution in [2.75, 3.05) is 72.1 Å². The number of hydrogen-bond acceptors (Lipinski definition) is 5. The van der Waals surface area contributed by atoms with E-state index in [0.717, 1.165) is 87.3 Å². The maximum absolute atomic E-state index is 13.4. The van der Waals surface area contributed by atoms with Crippen LogP contribution in [0.1, 0.15) is 78.6 Å². The Kier molecular flexibility index (Phi) is 18.0. The fraction of sp³-hybridized carbons (Fsp3) is 0.400. The SMILES string of the molecule is Fc1ccc(C(OCCCCN2CCCCC2)c2ccc(F)cc2)cc1.Fc1ccc(C(OCCN2CCN(CCCc3ccccc3)CC2)c2ccc(F)cc2)cc1. The van der Waals surface area contributed by atoms with Crippen LogP contribution < -0.4 is 0 Å². The van der Waals surface area contributed by atoms with Crippen molar-refractivity contribution in [1.82, 2.24) is 14.7 Å². The van der Waals surface area contributed by atoms with Gasteiger partial charge in [0.2, 0.25) is 0 Å². The summed E-state index contributed by atoms with van der Waals surface area (Å²) in [7, 11) is 0. The van der Waals surface area contributed by atoms with Crippen molar-refractivity contribution in [3.8, 4) is 0 Å². The molecular weight excluding hydrogens is 751 g/mol. The molecule has 5 aromatic carbocycles. The lowest BCUT2D eigenvalue weighted by Gasteiger charge is -2.35. The lowest BCUT2D eigenvalue weighted by molar-refractivity contribution is 0.0451. The Bertz CT molecular complexity index is 1790. The van der Waals surface area contributed by atoms with Crippen LogP contribution in [0.4, 0.5) is 17.6 Å². The maximum Gasteiger partial charge on any atom is 0.123 e. The van der Waals surface area contributed by atoms with E-state index in [1.807, 2.05) is 0 Å². The van der Waals surface area contributed by atoms with E-state index in [0.29, 0.717) is 13.2 Å². The van der Waals surface area contributed by atoms with Crippen LogP contribution in [-0.2, 0) is 15.9 Å². The monoisotopic (exact) mass is 809 g/mol. The normalized spacial score (nSPS) is 15.4. The number of piperidine rings is 1. The average molecular weight is 810 g/mol. The number of nitrogens with zero attached hydrogens (tertiary/aromatic N) is 3. The summed E-state index contributed by atoms with van der Waals surface area (Å²) in [6.07, 6.45) is 7.75. The molecule has 5 nitrogen and oxygen atoms in total. The predicted molar refractivity (Wildman–Crippen MR) is 228 cm³/mol. The van der Waals surface area contributed by atoms with Crippen LogP contribution in [0.15, 0.2) is 127 Å². The Balaban J connectivity index is 0.000000204. The second-order valence-corrected chi connectivity index (χ2v) is 15.6. The van der Waals surface area contributed by atoms with Crippen LogP contribution in [0, 0.1) is 23.3 Å². The minimum atomic E-state index is -0.342. The number of piperazine rings is 1. The zero-order valence-electron chi connectivity index (χ0n) is 34.2. The zero-order valence-corrected chi connectivity index (χ0v) is 34.2. The quantitative estimate of drug-likeness (QED) is 0.0649. The first-order valence-corrected chi connectivity index (χ1v) is 21.4. The lowest BCUT2D eigenvalue weighted by atomic mass is 10.0. The van der Waals surface area contributed by atoms with Gasteiger partial charge in [0.1, 0.15) is 35.5 Å². The molecule has 0 saturated carbocycles. The largest absolute Gasteiger partial charge is 0.369 e. The van der Waals surface area contributed by atoms with Gasteiger partial charge < -0.3 is 19.3 Å². The standard InChI is InChI=1S/C28H32F2N2O.C22H27F2NO/c29-26-12-8-24(9-13-26)28(25-10-14-27(30)15-11-25)33-22-21-32-19-17-31(18-20-32)16-4-7-23-5-2-1-3-6-23;23-20-10-6-18(7-11-20)22(19-8-12-21(24)13-9-19)26-17-5-4-16-25-14-2-1-3-15-25/h1-3,5-6,8-15,28H,4,7,16-22H2;6-13,22H,1-5,14-17H2. The second kappa shape index (κ2) is 24.0. The van der Waals surface area contributed by atoms with Crippen LogP contribution in [0.2, 0.25) is 0 Å². The molecule has 0 radical (unpaired) electrons. The molecule has 2 aliphatic heterocycles. The second-order valence-electron chi connectivity index (χ2n) is 15.6. The van der Waals surface area contributed by atoms with Gasteiger partial charge in [0.25, 0.3) is 0 Å². The van der Waals surface area contributed by atoms with E-state index < -0.39 is 0 Å². The molecule has 0 atom stereocenters. The van der Waals surface area contributed by atoms with Crippen molar-refractivity contribution < 1.29 is 27.0 Å². The summed E-state index contributed by atoms with van der Waals surface area (Å²) in [6, 6.07) is 36.0. The average Bonchev–Trinajstić information content (AvgIpc) is 3.27. The molecule has 0 amide bonds. The summed E-state index contributed by atoms with van der Waals surface area (Å²) in [5, 5.41) is 0. The smallest absolute Gasteiger partial charge is 0.123 e. The predicted octanol–water partition coefficient (Wildman–Crippen LogP) is 10.7. The van der Waals surface area contributed by atoms with Crippen LogP contribution in [0.3, 0.4) is 0 Å². The molecule has 0 N–H and O–H groups in total. The minimum absolute atomic E-state index is 0.270. The van der Waals surface area contributed by atoms with Gasteiger partial charge in [-0.15, -0.1) is 0 Å². The van der Waals surface area contributed by atoms with Crippen molar-refractivity contribution >= 4 is 0 Å². The molecule has 9 heteroatoms. The molecule has 0 unspecified atom stereocenters. The van der Waals surface area contributed by atoms with Crippen molar-refractivity contribution in [3.63, 3.8) is 0 Å². The summed E-state index contributed by atoms with van der Waals surface area (Å²) in [6.45, 7) is 11.0. The van der Waals surface area contributed by atoms with E-state index in [-0.39, 0.29) is 35.5 Å². The summed E-state index contributed by atoms with van der Waals surface area (Å²) >= 11 is 0. The van der Waals surface area contributed by atoms with Crippen LogP contribution in [0.5, 0.6) is 0 Å². The van der Waals surface area contributed by atoms with E-state index in [1.54, 1.807) is 48.5 Å². The molecule has 0 aliphatic carbocycles. The first kappa shape index (κ1) is 44.2. The molecule has 314 valence electrons. The molecule has 5 aromatic rings. The van der Waals surface area contributed by atoms with Crippen molar-refractivity contribution in [1.29, 1.82) is 0 Å². The third kappa shape index (κ3) is 15.0. The first-order valence-electron chi connectivity index (χ1n) is 21.4.